The van der Waals surface area contributed by atoms with Gasteiger partial charge in [0.05, 0.1) is 5.75 Å². The van der Waals surface area contributed by atoms with Crippen LogP contribution in [-0.2, 0) is 19.2 Å². The van der Waals surface area contributed by atoms with Gasteiger partial charge in [-0.1, -0.05) is 0 Å². The Kier molecular flexibility index (Phi) is 2.69. The number of hydrogen-bond acceptors (Lipinski definition) is 5. The molecule has 66 valence electrons. The van der Waals surface area contributed by atoms with Gasteiger partial charge in [0.25, 0.3) is 11.8 Å². The number of imide groups is 1. The maximum absolute atomic E-state index is 10.8. The summed E-state index contributed by atoms with van der Waals surface area (Å²) in [6.45, 7) is 0. The lowest BCUT2D eigenvalue weighted by Crippen LogP contribution is -2.32. The average molecular weight is 189 g/mol. The molecule has 0 aromatic carbocycles. The van der Waals surface area contributed by atoms with E-state index >= 15 is 0 Å². The quantitative estimate of drug-likeness (QED) is 0.471. The number of hydroxylamine groups is 2. The van der Waals surface area contributed by atoms with Gasteiger partial charge >= 0.3 is 5.97 Å². The van der Waals surface area contributed by atoms with E-state index in [1.807, 2.05) is 0 Å². The zero-order valence-electron chi connectivity index (χ0n) is 6.15. The molecule has 1 fully saturated rings. The van der Waals surface area contributed by atoms with Crippen molar-refractivity contribution < 1.29 is 19.2 Å². The van der Waals surface area contributed by atoms with Crippen molar-refractivity contribution in [1.82, 2.24) is 5.06 Å². The Bertz CT molecular complexity index is 224. The van der Waals surface area contributed by atoms with Crippen molar-refractivity contribution in [1.29, 1.82) is 0 Å². The van der Waals surface area contributed by atoms with Gasteiger partial charge in [-0.05, 0) is 0 Å². The third kappa shape index (κ3) is 1.76. The van der Waals surface area contributed by atoms with Gasteiger partial charge in [-0.2, -0.15) is 12.6 Å². The highest BCUT2D eigenvalue weighted by Crippen LogP contribution is 2.11. The van der Waals surface area contributed by atoms with Crippen molar-refractivity contribution in [2.24, 2.45) is 0 Å². The number of rotatable bonds is 2. The van der Waals surface area contributed by atoms with Crippen molar-refractivity contribution in [3.8, 4) is 0 Å². The van der Waals surface area contributed by atoms with Crippen LogP contribution in [0, 0.1) is 0 Å². The van der Waals surface area contributed by atoms with Gasteiger partial charge in [-0.25, -0.2) is 4.79 Å². The molecule has 0 atom stereocenters. The van der Waals surface area contributed by atoms with E-state index in [-0.39, 0.29) is 18.6 Å². The van der Waals surface area contributed by atoms with Crippen LogP contribution >= 0.6 is 12.6 Å². The molecule has 0 radical (unpaired) electrons. The van der Waals surface area contributed by atoms with Gasteiger partial charge in [0, 0.05) is 12.8 Å². The number of thiol groups is 1. The molecular weight excluding hydrogens is 182 g/mol. The molecule has 6 heteroatoms. The molecule has 0 aromatic rings. The smallest absolute Gasteiger partial charge is 0.329 e. The second kappa shape index (κ2) is 3.57. The second-order valence-electron chi connectivity index (χ2n) is 2.20. The Hall–Kier alpha value is -1.04. The van der Waals surface area contributed by atoms with Crippen LogP contribution in [0.3, 0.4) is 0 Å². The summed E-state index contributed by atoms with van der Waals surface area (Å²) in [4.78, 5) is 36.7. The maximum Gasteiger partial charge on any atom is 0.342 e. The van der Waals surface area contributed by atoms with Gasteiger partial charge in [0.15, 0.2) is 0 Å². The molecule has 5 nitrogen and oxygen atoms in total. The molecule has 12 heavy (non-hydrogen) atoms. The molecular formula is C6H7NO4S. The van der Waals surface area contributed by atoms with E-state index < -0.39 is 17.8 Å². The number of nitrogens with zero attached hydrogens (tertiary/aromatic N) is 1. The fourth-order valence-corrected chi connectivity index (χ4v) is 0.846. The normalized spacial score (nSPS) is 16.9. The molecule has 1 aliphatic rings. The molecule has 1 aliphatic heterocycles. The van der Waals surface area contributed by atoms with Crippen molar-refractivity contribution in [3.05, 3.63) is 0 Å². The molecule has 0 aliphatic carbocycles. The predicted octanol–water partition coefficient (Wildman–Crippen LogP) is -0.477. The molecule has 0 saturated carbocycles. The summed E-state index contributed by atoms with van der Waals surface area (Å²) in [5, 5.41) is 0.499. The fraction of sp³-hybridized carbons (Fsp3) is 0.500. The van der Waals surface area contributed by atoms with Gasteiger partial charge in [0.2, 0.25) is 0 Å². The molecule has 0 aromatic heterocycles. The lowest BCUT2D eigenvalue weighted by Gasteiger charge is -2.10. The second-order valence-corrected chi connectivity index (χ2v) is 2.52. The minimum absolute atomic E-state index is 0.110. The monoisotopic (exact) mass is 189 g/mol. The molecule has 0 bridgehead atoms. The maximum atomic E-state index is 10.8. The van der Waals surface area contributed by atoms with E-state index in [9.17, 15) is 14.4 Å². The highest BCUT2D eigenvalue weighted by atomic mass is 32.1. The minimum atomic E-state index is -0.707. The molecule has 0 N–H and O–H groups in total. The summed E-state index contributed by atoms with van der Waals surface area (Å²) >= 11 is 3.62. The van der Waals surface area contributed by atoms with E-state index in [1.165, 1.54) is 0 Å². The third-order valence-electron chi connectivity index (χ3n) is 1.33. The Morgan fingerprint density at radius 2 is 1.92 bits per heavy atom. The summed E-state index contributed by atoms with van der Waals surface area (Å²) in [6, 6.07) is 0. The van der Waals surface area contributed by atoms with E-state index in [1.54, 1.807) is 0 Å². The lowest BCUT2D eigenvalue weighted by molar-refractivity contribution is -0.195. The molecule has 0 unspecified atom stereocenters. The Balaban J connectivity index is 2.56. The first kappa shape index (κ1) is 9.05. The Labute approximate surface area is 74.0 Å². The number of carbonyl (C=O) groups is 3. The molecule has 1 saturated heterocycles. The highest BCUT2D eigenvalue weighted by Gasteiger charge is 2.32. The minimum Gasteiger partial charge on any atom is -0.329 e. The Morgan fingerprint density at radius 3 is 2.33 bits per heavy atom. The summed E-state index contributed by atoms with van der Waals surface area (Å²) in [5.74, 6) is -1.82. The standard InChI is InChI=1S/C6H7NO4S/c8-4-1-2-5(9)7(4)11-6(10)3-12/h12H,1-3H2. The number of amides is 2. The SMILES string of the molecule is O=C(CS)ON1C(=O)CCC1=O. The van der Waals surface area contributed by atoms with Crippen molar-refractivity contribution in [3.63, 3.8) is 0 Å². The van der Waals surface area contributed by atoms with Crippen molar-refractivity contribution in [2.75, 3.05) is 5.75 Å². The zero-order chi connectivity index (χ0) is 9.14. The van der Waals surface area contributed by atoms with Crippen LogP contribution in [0.1, 0.15) is 12.8 Å². The average Bonchev–Trinajstić information content (AvgIpc) is 2.35. The predicted molar refractivity (Wildman–Crippen MR) is 41.0 cm³/mol. The fourth-order valence-electron chi connectivity index (χ4n) is 0.789. The molecule has 0 spiro atoms. The Morgan fingerprint density at radius 1 is 1.42 bits per heavy atom. The van der Waals surface area contributed by atoms with Crippen LogP contribution in [0.25, 0.3) is 0 Å². The summed E-state index contributed by atoms with van der Waals surface area (Å²) in [6.07, 6.45) is 0.220. The first-order chi connectivity index (χ1) is 5.65. The van der Waals surface area contributed by atoms with Crippen LogP contribution in [-0.4, -0.2) is 28.6 Å². The summed E-state index contributed by atoms with van der Waals surface area (Å²) in [7, 11) is 0. The van der Waals surface area contributed by atoms with Crippen LogP contribution in [0.15, 0.2) is 0 Å². The van der Waals surface area contributed by atoms with E-state index in [2.05, 4.69) is 17.5 Å². The third-order valence-corrected chi connectivity index (χ3v) is 1.59. The van der Waals surface area contributed by atoms with Gasteiger partial charge in [-0.3, -0.25) is 9.59 Å². The number of carbonyl (C=O) groups excluding carboxylic acids is 3. The topological polar surface area (TPSA) is 63.7 Å². The highest BCUT2D eigenvalue weighted by molar-refractivity contribution is 7.81. The number of hydrogen-bond donors (Lipinski definition) is 1. The van der Waals surface area contributed by atoms with E-state index in [4.69, 9.17) is 0 Å². The van der Waals surface area contributed by atoms with Crippen LogP contribution < -0.4 is 0 Å². The van der Waals surface area contributed by atoms with Gasteiger partial charge < -0.3 is 4.84 Å². The van der Waals surface area contributed by atoms with E-state index in [0.29, 0.717) is 5.06 Å². The summed E-state index contributed by atoms with van der Waals surface area (Å²) in [5.41, 5.74) is 0. The first-order valence-electron chi connectivity index (χ1n) is 3.32. The zero-order valence-corrected chi connectivity index (χ0v) is 7.04. The summed E-state index contributed by atoms with van der Waals surface area (Å²) < 4.78 is 0. The van der Waals surface area contributed by atoms with Crippen LogP contribution in [0.4, 0.5) is 0 Å². The van der Waals surface area contributed by atoms with Gasteiger partial charge in [0.1, 0.15) is 0 Å². The molecule has 1 heterocycles. The largest absolute Gasteiger partial charge is 0.342 e. The van der Waals surface area contributed by atoms with Crippen molar-refractivity contribution in [2.45, 2.75) is 12.8 Å². The lowest BCUT2D eigenvalue weighted by atomic mass is 10.4. The van der Waals surface area contributed by atoms with Crippen molar-refractivity contribution >= 4 is 30.4 Å². The van der Waals surface area contributed by atoms with E-state index in [0.717, 1.165) is 0 Å². The molecule has 2 amide bonds. The van der Waals surface area contributed by atoms with Crippen LogP contribution in [0.2, 0.25) is 0 Å². The first-order valence-corrected chi connectivity index (χ1v) is 3.96. The van der Waals surface area contributed by atoms with Gasteiger partial charge in [-0.15, -0.1) is 5.06 Å². The van der Waals surface area contributed by atoms with Crippen LogP contribution in [0.5, 0.6) is 0 Å². The molecule has 1 rings (SSSR count).